The summed E-state index contributed by atoms with van der Waals surface area (Å²) in [5, 5.41) is 3.21. The fourth-order valence-corrected chi connectivity index (χ4v) is 0.819. The fourth-order valence-electron chi connectivity index (χ4n) is 0.736. The second-order valence-electron chi connectivity index (χ2n) is 2.71. The minimum absolute atomic E-state index is 0.255. The Labute approximate surface area is 83.5 Å². The molecule has 13 heavy (non-hydrogen) atoms. The molecule has 0 bridgehead atoms. The van der Waals surface area contributed by atoms with Crippen LogP contribution in [0.25, 0.3) is 0 Å². The molecule has 1 N–H and O–H groups in total. The SMILES string of the molecule is COC(C)CNCCOCCO[Si+3]. The monoisotopic (exact) mass is 204 g/mol. The zero-order valence-corrected chi connectivity index (χ0v) is 9.34. The number of methoxy groups -OCH3 is 1. The Morgan fingerprint density at radius 1 is 1.31 bits per heavy atom. The van der Waals surface area contributed by atoms with Gasteiger partial charge in [0.15, 0.2) is 0 Å². The molecule has 1 atom stereocenters. The molecule has 0 aliphatic heterocycles. The summed E-state index contributed by atoms with van der Waals surface area (Å²) in [6, 6.07) is 0. The molecule has 0 aliphatic rings. The summed E-state index contributed by atoms with van der Waals surface area (Å²) < 4.78 is 14.9. The topological polar surface area (TPSA) is 39.7 Å². The fraction of sp³-hybridized carbons (Fsp3) is 1.00. The number of ether oxygens (including phenoxy) is 2. The molecular weight excluding hydrogens is 186 g/mol. The van der Waals surface area contributed by atoms with E-state index >= 15 is 0 Å². The quantitative estimate of drug-likeness (QED) is 0.414. The Kier molecular flexibility index (Phi) is 10.2. The van der Waals surface area contributed by atoms with Gasteiger partial charge in [0.1, 0.15) is 0 Å². The van der Waals surface area contributed by atoms with Crippen LogP contribution in [0.4, 0.5) is 0 Å². The molecule has 0 aromatic carbocycles. The zero-order valence-electron chi connectivity index (χ0n) is 8.34. The summed E-state index contributed by atoms with van der Waals surface area (Å²) in [6.07, 6.45) is 0.255. The van der Waals surface area contributed by atoms with Crippen molar-refractivity contribution in [2.45, 2.75) is 13.0 Å². The molecule has 0 fully saturated rings. The third-order valence-corrected chi connectivity index (χ3v) is 1.79. The van der Waals surface area contributed by atoms with Crippen molar-refractivity contribution >= 4 is 10.5 Å². The van der Waals surface area contributed by atoms with Gasteiger partial charge in [0.25, 0.3) is 0 Å². The molecule has 0 saturated heterocycles. The first-order valence-corrected chi connectivity index (χ1v) is 4.82. The van der Waals surface area contributed by atoms with Crippen LogP contribution in [0.2, 0.25) is 0 Å². The van der Waals surface area contributed by atoms with Crippen LogP contribution in [0.15, 0.2) is 0 Å². The summed E-state index contributed by atoms with van der Waals surface area (Å²) in [5.74, 6) is 0. The molecule has 0 amide bonds. The molecule has 1 unspecified atom stereocenters. The molecule has 0 rings (SSSR count). The van der Waals surface area contributed by atoms with E-state index in [1.54, 1.807) is 7.11 Å². The molecule has 0 heterocycles. The van der Waals surface area contributed by atoms with E-state index in [2.05, 4.69) is 20.2 Å². The first-order valence-electron chi connectivity index (χ1n) is 4.41. The van der Waals surface area contributed by atoms with E-state index in [0.29, 0.717) is 19.8 Å². The van der Waals surface area contributed by atoms with Gasteiger partial charge in [-0.1, -0.05) is 0 Å². The van der Waals surface area contributed by atoms with Crippen LogP contribution in [0, 0.1) is 0 Å². The molecule has 0 aliphatic carbocycles. The molecule has 74 valence electrons. The van der Waals surface area contributed by atoms with Gasteiger partial charge >= 0.3 is 82.8 Å². The van der Waals surface area contributed by atoms with Gasteiger partial charge in [-0.25, -0.2) is 0 Å². The van der Waals surface area contributed by atoms with Crippen LogP contribution >= 0.6 is 0 Å². The van der Waals surface area contributed by atoms with Crippen LogP contribution in [-0.4, -0.2) is 56.6 Å². The maximum atomic E-state index is 5.23. The Balaban J connectivity index is 2.91. The summed E-state index contributed by atoms with van der Waals surface area (Å²) in [6.45, 7) is 5.61. The van der Waals surface area contributed by atoms with E-state index < -0.39 is 0 Å². The second-order valence-corrected chi connectivity index (χ2v) is 3.00. The average molecular weight is 204 g/mol. The Bertz CT molecular complexity index is 105. The predicted octanol–water partition coefficient (Wildman–Crippen LogP) is -0.272. The van der Waals surface area contributed by atoms with Gasteiger partial charge in [0.2, 0.25) is 0 Å². The van der Waals surface area contributed by atoms with Gasteiger partial charge in [-0.15, -0.1) is 0 Å². The maximum absolute atomic E-state index is 5.23. The zero-order chi connectivity index (χ0) is 9.94. The first kappa shape index (κ1) is 13.1. The van der Waals surface area contributed by atoms with E-state index in [9.17, 15) is 0 Å². The third kappa shape index (κ3) is 9.97. The van der Waals surface area contributed by atoms with Crippen molar-refractivity contribution in [1.29, 1.82) is 0 Å². The van der Waals surface area contributed by atoms with Gasteiger partial charge in [0.05, 0.1) is 0 Å². The Morgan fingerprint density at radius 3 is 2.69 bits per heavy atom. The van der Waals surface area contributed by atoms with Gasteiger partial charge in [0, 0.05) is 0 Å². The second kappa shape index (κ2) is 10.1. The van der Waals surface area contributed by atoms with Crippen molar-refractivity contribution < 1.29 is 13.9 Å². The van der Waals surface area contributed by atoms with Gasteiger partial charge in [-0.2, -0.15) is 0 Å². The minimum atomic E-state index is 0.255. The van der Waals surface area contributed by atoms with Crippen molar-refractivity contribution in [2.75, 3.05) is 40.0 Å². The van der Waals surface area contributed by atoms with Crippen LogP contribution in [0.5, 0.6) is 0 Å². The molecule has 5 heteroatoms. The molecule has 0 aromatic rings. The van der Waals surface area contributed by atoms with E-state index in [0.717, 1.165) is 13.1 Å². The van der Waals surface area contributed by atoms with E-state index in [1.165, 1.54) is 0 Å². The van der Waals surface area contributed by atoms with Crippen LogP contribution in [-0.2, 0) is 13.9 Å². The summed E-state index contributed by atoms with van der Waals surface area (Å²) in [7, 11) is 4.60. The van der Waals surface area contributed by atoms with Crippen molar-refractivity contribution in [2.24, 2.45) is 0 Å². The van der Waals surface area contributed by atoms with Crippen molar-refractivity contribution in [3.63, 3.8) is 0 Å². The van der Waals surface area contributed by atoms with Gasteiger partial charge < -0.3 is 0 Å². The number of rotatable bonds is 9. The molecule has 0 radical (unpaired) electrons. The number of hydrogen-bond donors (Lipinski definition) is 1. The molecule has 4 nitrogen and oxygen atoms in total. The molecular formula is C8H18NO3Si+3. The summed E-state index contributed by atoms with van der Waals surface area (Å²) in [5.41, 5.74) is 0. The van der Waals surface area contributed by atoms with Crippen molar-refractivity contribution in [3.8, 4) is 0 Å². The molecule has 0 aromatic heterocycles. The van der Waals surface area contributed by atoms with E-state index in [1.807, 2.05) is 6.92 Å². The van der Waals surface area contributed by atoms with Gasteiger partial charge in [-0.05, 0) is 0 Å². The summed E-state index contributed by atoms with van der Waals surface area (Å²) >= 11 is 0. The van der Waals surface area contributed by atoms with Crippen LogP contribution in [0.3, 0.4) is 0 Å². The standard InChI is InChI=1S/C8H18NO3Si/c1-8(10-2)7-9-3-4-11-5-6-12-13/h8-9H,3-7H2,1-2H3/q+3. The van der Waals surface area contributed by atoms with Gasteiger partial charge in [-0.3, -0.25) is 0 Å². The van der Waals surface area contributed by atoms with Crippen molar-refractivity contribution in [1.82, 2.24) is 5.32 Å². The molecule has 0 saturated carbocycles. The van der Waals surface area contributed by atoms with Crippen LogP contribution in [0.1, 0.15) is 6.92 Å². The number of nitrogens with one attached hydrogen (secondary N) is 1. The van der Waals surface area contributed by atoms with E-state index in [-0.39, 0.29) is 6.10 Å². The van der Waals surface area contributed by atoms with E-state index in [4.69, 9.17) is 9.47 Å². The van der Waals surface area contributed by atoms with Crippen LogP contribution < -0.4 is 5.32 Å². The molecule has 0 spiro atoms. The number of hydrogen-bond acceptors (Lipinski definition) is 4. The normalized spacial score (nSPS) is 13.2. The average Bonchev–Trinajstić information content (AvgIpc) is 2.16. The summed E-state index contributed by atoms with van der Waals surface area (Å²) in [4.78, 5) is 0. The third-order valence-electron chi connectivity index (χ3n) is 1.59. The Morgan fingerprint density at radius 2 is 2.08 bits per heavy atom. The Hall–Kier alpha value is 0.0569. The van der Waals surface area contributed by atoms with Crippen molar-refractivity contribution in [3.05, 3.63) is 0 Å². The first-order chi connectivity index (χ1) is 6.31. The predicted molar refractivity (Wildman–Crippen MR) is 51.9 cm³/mol.